The van der Waals surface area contributed by atoms with Crippen LogP contribution in [0.4, 0.5) is 5.69 Å². The van der Waals surface area contributed by atoms with E-state index in [1.807, 2.05) is 0 Å². The largest absolute Gasteiger partial charge is 0.476 e. The number of aromatic nitrogens is 1. The molecule has 1 aromatic rings. The van der Waals surface area contributed by atoms with Gasteiger partial charge in [0.1, 0.15) is 6.42 Å². The first-order valence-corrected chi connectivity index (χ1v) is 5.83. The van der Waals surface area contributed by atoms with Gasteiger partial charge in [-0.25, -0.2) is 4.98 Å². The van der Waals surface area contributed by atoms with Gasteiger partial charge in [0.2, 0.25) is 0 Å². The van der Waals surface area contributed by atoms with Crippen molar-refractivity contribution < 1.29 is 19.2 Å². The highest BCUT2D eigenvalue weighted by Crippen LogP contribution is 2.29. The molecule has 20 heavy (non-hydrogen) atoms. The molecule has 7 nitrogen and oxygen atoms in total. The van der Waals surface area contributed by atoms with Crippen LogP contribution in [0.15, 0.2) is 6.20 Å². The SMILES string of the molecule is CCOC(=O)CC#Cc1cnc(OC)c([N+](=O)[O-])c1C. The third kappa shape index (κ3) is 3.68. The lowest BCUT2D eigenvalue weighted by Crippen LogP contribution is -2.02. The highest BCUT2D eigenvalue weighted by molar-refractivity contribution is 5.72. The van der Waals surface area contributed by atoms with Gasteiger partial charge in [0.15, 0.2) is 0 Å². The molecule has 0 N–H and O–H groups in total. The van der Waals surface area contributed by atoms with Crippen LogP contribution in [0.2, 0.25) is 0 Å². The van der Waals surface area contributed by atoms with E-state index in [0.717, 1.165) is 0 Å². The molecule has 0 saturated carbocycles. The maximum absolute atomic E-state index is 11.1. The molecule has 0 aliphatic rings. The van der Waals surface area contributed by atoms with E-state index in [0.29, 0.717) is 11.1 Å². The molecule has 0 fully saturated rings. The van der Waals surface area contributed by atoms with Crippen LogP contribution in [0, 0.1) is 28.9 Å². The van der Waals surface area contributed by atoms with Crippen LogP contribution in [0.3, 0.4) is 0 Å². The molecule has 7 heteroatoms. The summed E-state index contributed by atoms with van der Waals surface area (Å²) in [4.78, 5) is 25.4. The fourth-order valence-electron chi connectivity index (χ4n) is 1.48. The minimum Gasteiger partial charge on any atom is -0.476 e. The normalized spacial score (nSPS) is 9.35. The van der Waals surface area contributed by atoms with E-state index in [-0.39, 0.29) is 24.6 Å². The molecular formula is C13H14N2O5. The Balaban J connectivity index is 3.04. The second kappa shape index (κ2) is 7.09. The molecule has 1 rings (SSSR count). The van der Waals surface area contributed by atoms with Gasteiger partial charge in [-0.1, -0.05) is 11.8 Å². The number of hydrogen-bond acceptors (Lipinski definition) is 6. The van der Waals surface area contributed by atoms with Crippen LogP contribution in [0.1, 0.15) is 24.5 Å². The predicted molar refractivity (Wildman–Crippen MR) is 70.3 cm³/mol. The van der Waals surface area contributed by atoms with Crippen molar-refractivity contribution >= 4 is 11.7 Å². The van der Waals surface area contributed by atoms with Gasteiger partial charge in [0.25, 0.3) is 5.88 Å². The first-order valence-electron chi connectivity index (χ1n) is 5.83. The molecule has 1 heterocycles. The summed E-state index contributed by atoms with van der Waals surface area (Å²) in [5, 5.41) is 11.0. The van der Waals surface area contributed by atoms with Crippen molar-refractivity contribution in [2.75, 3.05) is 13.7 Å². The third-order valence-electron chi connectivity index (χ3n) is 2.41. The quantitative estimate of drug-likeness (QED) is 0.359. The molecule has 0 atom stereocenters. The van der Waals surface area contributed by atoms with E-state index in [1.54, 1.807) is 13.8 Å². The zero-order valence-electron chi connectivity index (χ0n) is 11.4. The number of pyridine rings is 1. The number of esters is 1. The number of nitrogens with zero attached hydrogens (tertiary/aromatic N) is 2. The van der Waals surface area contributed by atoms with E-state index in [9.17, 15) is 14.9 Å². The molecule has 1 aromatic heterocycles. The maximum atomic E-state index is 11.1. The maximum Gasteiger partial charge on any atom is 0.335 e. The van der Waals surface area contributed by atoms with Crippen molar-refractivity contribution in [3.63, 3.8) is 0 Å². The topological polar surface area (TPSA) is 91.6 Å². The number of carbonyl (C=O) groups is 1. The van der Waals surface area contributed by atoms with Crippen LogP contribution < -0.4 is 4.74 Å². The van der Waals surface area contributed by atoms with Crippen LogP contribution in [0.5, 0.6) is 5.88 Å². The van der Waals surface area contributed by atoms with Gasteiger partial charge in [0, 0.05) is 11.8 Å². The van der Waals surface area contributed by atoms with Crippen molar-refractivity contribution in [2.45, 2.75) is 20.3 Å². The Morgan fingerprint density at radius 3 is 2.80 bits per heavy atom. The van der Waals surface area contributed by atoms with Gasteiger partial charge in [0.05, 0.1) is 24.2 Å². The summed E-state index contributed by atoms with van der Waals surface area (Å²) >= 11 is 0. The number of nitro groups is 1. The monoisotopic (exact) mass is 278 g/mol. The van der Waals surface area contributed by atoms with E-state index in [2.05, 4.69) is 16.8 Å². The number of ether oxygens (including phenoxy) is 2. The zero-order chi connectivity index (χ0) is 15.1. The van der Waals surface area contributed by atoms with Gasteiger partial charge < -0.3 is 9.47 Å². The molecule has 0 aromatic carbocycles. The highest BCUT2D eigenvalue weighted by Gasteiger charge is 2.22. The van der Waals surface area contributed by atoms with Crippen LogP contribution in [0.25, 0.3) is 0 Å². The molecular weight excluding hydrogens is 264 g/mol. The third-order valence-corrected chi connectivity index (χ3v) is 2.41. The van der Waals surface area contributed by atoms with Gasteiger partial charge in [-0.15, -0.1) is 0 Å². The average Bonchev–Trinajstić information content (AvgIpc) is 2.40. The van der Waals surface area contributed by atoms with Crippen LogP contribution in [-0.4, -0.2) is 29.6 Å². The lowest BCUT2D eigenvalue weighted by molar-refractivity contribution is -0.386. The van der Waals surface area contributed by atoms with Gasteiger partial charge in [-0.2, -0.15) is 0 Å². The van der Waals surface area contributed by atoms with Crippen molar-refractivity contribution in [3.05, 3.63) is 27.4 Å². The summed E-state index contributed by atoms with van der Waals surface area (Å²) < 4.78 is 9.57. The molecule has 0 aliphatic heterocycles. The number of carbonyl (C=O) groups excluding carboxylic acids is 1. The van der Waals surface area contributed by atoms with E-state index in [1.165, 1.54) is 13.3 Å². The summed E-state index contributed by atoms with van der Waals surface area (Å²) in [6.07, 6.45) is 1.30. The van der Waals surface area contributed by atoms with Gasteiger partial charge in [-0.05, 0) is 13.8 Å². The van der Waals surface area contributed by atoms with Crippen molar-refractivity contribution in [2.24, 2.45) is 0 Å². The average molecular weight is 278 g/mol. The molecule has 0 amide bonds. The summed E-state index contributed by atoms with van der Waals surface area (Å²) in [5.74, 6) is 4.78. The highest BCUT2D eigenvalue weighted by atomic mass is 16.6. The predicted octanol–water partition coefficient (Wildman–Crippen LogP) is 1.61. The number of hydrogen-bond donors (Lipinski definition) is 0. The second-order valence-electron chi connectivity index (χ2n) is 3.70. The summed E-state index contributed by atoms with van der Waals surface area (Å²) in [6.45, 7) is 3.54. The summed E-state index contributed by atoms with van der Waals surface area (Å²) in [5.41, 5.74) is 0.496. The van der Waals surface area contributed by atoms with Crippen LogP contribution in [-0.2, 0) is 9.53 Å². The molecule has 0 saturated heterocycles. The first kappa shape index (κ1) is 15.4. The molecule has 106 valence electrons. The standard InChI is InChI=1S/C13H14N2O5/c1-4-20-11(16)7-5-6-10-8-14-13(19-3)12(9(10)2)15(17)18/h8H,4,7H2,1-3H3. The Morgan fingerprint density at radius 1 is 1.55 bits per heavy atom. The van der Waals surface area contributed by atoms with Gasteiger partial charge in [-0.3, -0.25) is 14.9 Å². The Bertz CT molecular complexity index is 586. The molecule has 0 bridgehead atoms. The number of rotatable bonds is 4. The molecule has 0 spiro atoms. The lowest BCUT2D eigenvalue weighted by atomic mass is 10.1. The van der Waals surface area contributed by atoms with Crippen LogP contribution >= 0.6 is 0 Å². The van der Waals surface area contributed by atoms with E-state index in [4.69, 9.17) is 9.47 Å². The van der Waals surface area contributed by atoms with E-state index >= 15 is 0 Å². The second-order valence-corrected chi connectivity index (χ2v) is 3.70. The van der Waals surface area contributed by atoms with Gasteiger partial charge >= 0.3 is 11.7 Å². The van der Waals surface area contributed by atoms with Crippen molar-refractivity contribution in [1.29, 1.82) is 0 Å². The zero-order valence-corrected chi connectivity index (χ0v) is 11.4. The Morgan fingerprint density at radius 2 is 2.25 bits per heavy atom. The number of methoxy groups -OCH3 is 1. The summed E-state index contributed by atoms with van der Waals surface area (Å²) in [7, 11) is 1.31. The molecule has 0 aliphatic carbocycles. The molecule has 0 radical (unpaired) electrons. The Hall–Kier alpha value is -2.62. The van der Waals surface area contributed by atoms with Crippen molar-refractivity contribution in [1.82, 2.24) is 4.98 Å². The van der Waals surface area contributed by atoms with E-state index < -0.39 is 10.9 Å². The first-order chi connectivity index (χ1) is 9.51. The smallest absolute Gasteiger partial charge is 0.335 e. The lowest BCUT2D eigenvalue weighted by Gasteiger charge is -2.04. The molecule has 0 unspecified atom stereocenters. The van der Waals surface area contributed by atoms with Crippen molar-refractivity contribution in [3.8, 4) is 17.7 Å². The minimum absolute atomic E-state index is 0.0663. The Kier molecular flexibility index (Phi) is 5.47. The Labute approximate surface area is 116 Å². The fourth-order valence-corrected chi connectivity index (χ4v) is 1.48. The fraction of sp³-hybridized carbons (Fsp3) is 0.385. The minimum atomic E-state index is -0.572. The summed E-state index contributed by atoms with van der Waals surface area (Å²) in [6, 6.07) is 0.